The third kappa shape index (κ3) is 5.57. The lowest BCUT2D eigenvalue weighted by Gasteiger charge is -2.17. The summed E-state index contributed by atoms with van der Waals surface area (Å²) in [6.07, 6.45) is 1.56. The molecule has 0 aromatic carbocycles. The topological polar surface area (TPSA) is 101 Å². The molecule has 2 unspecified atom stereocenters. The Morgan fingerprint density at radius 2 is 2.23 bits per heavy atom. The first kappa shape index (κ1) is 12.3. The molecule has 0 rings (SSSR count). The van der Waals surface area contributed by atoms with Crippen molar-refractivity contribution in [2.75, 3.05) is 13.2 Å². The van der Waals surface area contributed by atoms with Gasteiger partial charge < -0.3 is 21.9 Å². The second-order valence-electron chi connectivity index (χ2n) is 3.03. The zero-order valence-electron chi connectivity index (χ0n) is 7.99. The standard InChI is InChI=1S/C8H19N3O2/c1-2-6(3-4-12)11-5-7(9)8(10)13/h6-7,11-12H,2-5,9H2,1H3,(H2,10,13). The van der Waals surface area contributed by atoms with Crippen LogP contribution in [0.5, 0.6) is 0 Å². The van der Waals surface area contributed by atoms with Gasteiger partial charge in [0.15, 0.2) is 0 Å². The molecule has 0 radical (unpaired) electrons. The summed E-state index contributed by atoms with van der Waals surface area (Å²) in [7, 11) is 0. The highest BCUT2D eigenvalue weighted by Gasteiger charge is 2.11. The second kappa shape index (κ2) is 6.82. The average Bonchev–Trinajstić information content (AvgIpc) is 2.11. The molecule has 0 bridgehead atoms. The molecule has 0 saturated heterocycles. The normalized spacial score (nSPS) is 15.3. The van der Waals surface area contributed by atoms with Crippen LogP contribution in [0.1, 0.15) is 19.8 Å². The first-order valence-corrected chi connectivity index (χ1v) is 4.51. The quantitative estimate of drug-likeness (QED) is 0.393. The first-order chi connectivity index (χ1) is 6.11. The Morgan fingerprint density at radius 3 is 2.62 bits per heavy atom. The number of nitrogens with one attached hydrogen (secondary N) is 1. The molecular weight excluding hydrogens is 170 g/mol. The maximum atomic E-state index is 10.6. The summed E-state index contributed by atoms with van der Waals surface area (Å²) in [5.74, 6) is -0.508. The Morgan fingerprint density at radius 1 is 1.62 bits per heavy atom. The minimum Gasteiger partial charge on any atom is -0.396 e. The van der Waals surface area contributed by atoms with E-state index in [0.29, 0.717) is 13.0 Å². The van der Waals surface area contributed by atoms with Crippen molar-refractivity contribution in [3.63, 3.8) is 0 Å². The Labute approximate surface area is 78.5 Å². The number of aliphatic hydroxyl groups excluding tert-OH is 1. The van der Waals surface area contributed by atoms with Crippen molar-refractivity contribution in [2.24, 2.45) is 11.5 Å². The van der Waals surface area contributed by atoms with Crippen molar-refractivity contribution in [1.82, 2.24) is 5.32 Å². The van der Waals surface area contributed by atoms with Crippen LogP contribution in [0.4, 0.5) is 0 Å². The van der Waals surface area contributed by atoms with E-state index < -0.39 is 11.9 Å². The molecule has 0 saturated carbocycles. The van der Waals surface area contributed by atoms with Gasteiger partial charge in [0.2, 0.25) is 5.91 Å². The Balaban J connectivity index is 3.64. The lowest BCUT2D eigenvalue weighted by Crippen LogP contribution is -2.47. The third-order valence-corrected chi connectivity index (χ3v) is 1.96. The molecule has 0 aliphatic carbocycles. The smallest absolute Gasteiger partial charge is 0.235 e. The lowest BCUT2D eigenvalue weighted by molar-refractivity contribution is -0.119. The minimum atomic E-state index is -0.646. The van der Waals surface area contributed by atoms with E-state index in [2.05, 4.69) is 5.32 Å². The first-order valence-electron chi connectivity index (χ1n) is 4.51. The van der Waals surface area contributed by atoms with Gasteiger partial charge in [-0.2, -0.15) is 0 Å². The molecule has 13 heavy (non-hydrogen) atoms. The van der Waals surface area contributed by atoms with Crippen molar-refractivity contribution in [3.8, 4) is 0 Å². The number of carbonyl (C=O) groups is 1. The molecule has 1 amide bonds. The summed E-state index contributed by atoms with van der Waals surface area (Å²) in [4.78, 5) is 10.6. The SMILES string of the molecule is CCC(CCO)NCC(N)C(N)=O. The predicted octanol–water partition coefficient (Wildman–Crippen LogP) is -1.45. The van der Waals surface area contributed by atoms with Gasteiger partial charge in [-0.05, 0) is 12.8 Å². The third-order valence-electron chi connectivity index (χ3n) is 1.96. The van der Waals surface area contributed by atoms with E-state index in [1.165, 1.54) is 0 Å². The molecule has 0 heterocycles. The van der Waals surface area contributed by atoms with E-state index in [9.17, 15) is 4.79 Å². The molecule has 5 heteroatoms. The summed E-state index contributed by atoms with van der Waals surface area (Å²) in [5.41, 5.74) is 10.4. The highest BCUT2D eigenvalue weighted by atomic mass is 16.3. The van der Waals surface area contributed by atoms with E-state index in [0.717, 1.165) is 6.42 Å². The molecule has 0 fully saturated rings. The van der Waals surface area contributed by atoms with Gasteiger partial charge in [0, 0.05) is 19.2 Å². The van der Waals surface area contributed by atoms with Crippen LogP contribution in [-0.2, 0) is 4.79 Å². The molecule has 0 aromatic rings. The minimum absolute atomic E-state index is 0.136. The monoisotopic (exact) mass is 189 g/mol. The summed E-state index contributed by atoms with van der Waals surface area (Å²) in [5, 5.41) is 11.7. The van der Waals surface area contributed by atoms with E-state index in [1.54, 1.807) is 0 Å². The van der Waals surface area contributed by atoms with E-state index >= 15 is 0 Å². The van der Waals surface area contributed by atoms with Crippen LogP contribution in [0.25, 0.3) is 0 Å². The van der Waals surface area contributed by atoms with Crippen molar-refractivity contribution in [2.45, 2.75) is 31.8 Å². The van der Waals surface area contributed by atoms with Crippen LogP contribution in [0.2, 0.25) is 0 Å². The number of hydrogen-bond donors (Lipinski definition) is 4. The number of aliphatic hydroxyl groups is 1. The molecule has 5 nitrogen and oxygen atoms in total. The summed E-state index contributed by atoms with van der Waals surface area (Å²) in [6, 6.07) is -0.442. The molecule has 0 aliphatic rings. The zero-order valence-corrected chi connectivity index (χ0v) is 7.99. The van der Waals surface area contributed by atoms with Crippen molar-refractivity contribution in [1.29, 1.82) is 0 Å². The maximum absolute atomic E-state index is 10.6. The number of hydrogen-bond acceptors (Lipinski definition) is 4. The maximum Gasteiger partial charge on any atom is 0.235 e. The van der Waals surface area contributed by atoms with Gasteiger partial charge >= 0.3 is 0 Å². The Hall–Kier alpha value is -0.650. The van der Waals surface area contributed by atoms with Gasteiger partial charge in [0.25, 0.3) is 0 Å². The summed E-state index contributed by atoms with van der Waals surface area (Å²) >= 11 is 0. The van der Waals surface area contributed by atoms with Crippen LogP contribution >= 0.6 is 0 Å². The largest absolute Gasteiger partial charge is 0.396 e. The molecule has 6 N–H and O–H groups in total. The number of primary amides is 1. The highest BCUT2D eigenvalue weighted by molar-refractivity contribution is 5.79. The highest BCUT2D eigenvalue weighted by Crippen LogP contribution is 1.95. The van der Waals surface area contributed by atoms with E-state index in [-0.39, 0.29) is 12.6 Å². The molecular formula is C8H19N3O2. The van der Waals surface area contributed by atoms with Crippen molar-refractivity contribution < 1.29 is 9.90 Å². The molecule has 0 spiro atoms. The van der Waals surface area contributed by atoms with Crippen LogP contribution in [-0.4, -0.2) is 36.2 Å². The van der Waals surface area contributed by atoms with Crippen molar-refractivity contribution in [3.05, 3.63) is 0 Å². The van der Waals surface area contributed by atoms with Gasteiger partial charge in [-0.15, -0.1) is 0 Å². The molecule has 78 valence electrons. The van der Waals surface area contributed by atoms with Gasteiger partial charge in [-0.3, -0.25) is 4.79 Å². The zero-order chi connectivity index (χ0) is 10.3. The van der Waals surface area contributed by atoms with Crippen molar-refractivity contribution >= 4 is 5.91 Å². The van der Waals surface area contributed by atoms with Crippen LogP contribution in [0.15, 0.2) is 0 Å². The Kier molecular flexibility index (Phi) is 6.48. The summed E-state index contributed by atoms with van der Waals surface area (Å²) in [6.45, 7) is 2.51. The number of carbonyl (C=O) groups excluding carboxylic acids is 1. The Bertz CT molecular complexity index is 152. The fourth-order valence-corrected chi connectivity index (χ4v) is 1.00. The van der Waals surface area contributed by atoms with Crippen LogP contribution < -0.4 is 16.8 Å². The van der Waals surface area contributed by atoms with Gasteiger partial charge in [0.1, 0.15) is 0 Å². The number of rotatable bonds is 7. The summed E-state index contributed by atoms with van der Waals surface area (Å²) < 4.78 is 0. The average molecular weight is 189 g/mol. The van der Waals surface area contributed by atoms with E-state index in [1.807, 2.05) is 6.92 Å². The lowest BCUT2D eigenvalue weighted by atomic mass is 10.1. The predicted molar refractivity (Wildman–Crippen MR) is 51.0 cm³/mol. The fraction of sp³-hybridized carbons (Fsp3) is 0.875. The van der Waals surface area contributed by atoms with Gasteiger partial charge in [-0.1, -0.05) is 6.92 Å². The molecule has 2 atom stereocenters. The van der Waals surface area contributed by atoms with Gasteiger partial charge in [-0.25, -0.2) is 0 Å². The van der Waals surface area contributed by atoms with Crippen LogP contribution in [0.3, 0.4) is 0 Å². The second-order valence-corrected chi connectivity index (χ2v) is 3.03. The fourth-order valence-electron chi connectivity index (χ4n) is 1.00. The van der Waals surface area contributed by atoms with Crippen LogP contribution in [0, 0.1) is 0 Å². The molecule has 0 aromatic heterocycles. The molecule has 0 aliphatic heterocycles. The number of nitrogens with two attached hydrogens (primary N) is 2. The van der Waals surface area contributed by atoms with Gasteiger partial charge in [0.05, 0.1) is 6.04 Å². The number of amides is 1. The van der Waals surface area contributed by atoms with E-state index in [4.69, 9.17) is 16.6 Å².